The van der Waals surface area contributed by atoms with Gasteiger partial charge < -0.3 is 20.7 Å². The van der Waals surface area contributed by atoms with Gasteiger partial charge in [0.25, 0.3) is 0 Å². The van der Waals surface area contributed by atoms with Crippen molar-refractivity contribution in [2.45, 2.75) is 25.3 Å². The summed E-state index contributed by atoms with van der Waals surface area (Å²) in [5.41, 5.74) is 7.07. The van der Waals surface area contributed by atoms with E-state index in [1.807, 2.05) is 61.5 Å². The van der Waals surface area contributed by atoms with E-state index in [1.54, 1.807) is 17.4 Å². The van der Waals surface area contributed by atoms with Crippen molar-refractivity contribution in [1.29, 1.82) is 0 Å². The summed E-state index contributed by atoms with van der Waals surface area (Å²) in [4.78, 5) is 13.1. The zero-order chi connectivity index (χ0) is 22.0. The molecule has 5 nitrogen and oxygen atoms in total. The van der Waals surface area contributed by atoms with Crippen LogP contribution in [0.3, 0.4) is 0 Å². The highest BCUT2D eigenvalue weighted by molar-refractivity contribution is 7.24. The third-order valence-corrected chi connectivity index (χ3v) is 6.61. The molecule has 6 heteroatoms. The molecule has 0 aliphatic heterocycles. The summed E-state index contributed by atoms with van der Waals surface area (Å²) >= 11 is 1.56. The van der Waals surface area contributed by atoms with Gasteiger partial charge in [0.05, 0.1) is 18.8 Å². The molecule has 4 N–H and O–H groups in total. The Morgan fingerprint density at radius 2 is 1.71 bits per heavy atom. The number of benzene rings is 3. The summed E-state index contributed by atoms with van der Waals surface area (Å²) in [5, 5.41) is 20.1. The average molecular weight is 436 g/mol. The average Bonchev–Trinajstić information content (AvgIpc) is 2.78. The van der Waals surface area contributed by atoms with Crippen molar-refractivity contribution in [2.24, 2.45) is 5.73 Å². The molecule has 31 heavy (non-hydrogen) atoms. The fourth-order valence-corrected chi connectivity index (χ4v) is 4.63. The van der Waals surface area contributed by atoms with Gasteiger partial charge in [-0.1, -0.05) is 18.2 Å². The molecule has 0 fully saturated rings. The lowest BCUT2D eigenvalue weighted by Gasteiger charge is -2.24. The molecule has 0 saturated carbocycles. The van der Waals surface area contributed by atoms with E-state index in [-0.39, 0.29) is 18.6 Å². The first-order valence-electron chi connectivity index (χ1n) is 10.2. The summed E-state index contributed by atoms with van der Waals surface area (Å²) in [6.07, 6.45) is 1.06. The summed E-state index contributed by atoms with van der Waals surface area (Å²) in [6, 6.07) is 19.1. The van der Waals surface area contributed by atoms with Gasteiger partial charge >= 0.3 is 0 Å². The van der Waals surface area contributed by atoms with E-state index in [1.165, 1.54) is 0 Å². The van der Waals surface area contributed by atoms with Gasteiger partial charge in [-0.2, -0.15) is 0 Å². The molecule has 0 spiro atoms. The van der Waals surface area contributed by atoms with Crippen molar-refractivity contribution in [3.05, 3.63) is 82.0 Å². The van der Waals surface area contributed by atoms with Gasteiger partial charge in [-0.05, 0) is 73.4 Å². The molecule has 0 aliphatic rings. The van der Waals surface area contributed by atoms with Crippen molar-refractivity contribution in [1.82, 2.24) is 0 Å². The van der Waals surface area contributed by atoms with Crippen molar-refractivity contribution in [2.75, 3.05) is 13.2 Å². The number of aryl methyl sites for hydroxylation is 2. The first kappa shape index (κ1) is 21.5. The Bertz CT molecular complexity index is 1290. The van der Waals surface area contributed by atoms with Crippen molar-refractivity contribution in [3.63, 3.8) is 0 Å². The van der Waals surface area contributed by atoms with Gasteiger partial charge in [-0.15, -0.1) is 11.3 Å². The summed E-state index contributed by atoms with van der Waals surface area (Å²) in [7, 11) is 0. The minimum atomic E-state index is -1.00. The van der Waals surface area contributed by atoms with Gasteiger partial charge in [0.2, 0.25) is 0 Å². The van der Waals surface area contributed by atoms with Crippen molar-refractivity contribution in [3.8, 4) is 11.5 Å². The van der Waals surface area contributed by atoms with Crippen LogP contribution in [0.25, 0.3) is 20.2 Å². The van der Waals surface area contributed by atoms with Crippen LogP contribution in [-0.2, 0) is 6.42 Å². The molecule has 0 saturated heterocycles. The van der Waals surface area contributed by atoms with E-state index in [2.05, 4.69) is 0 Å². The highest BCUT2D eigenvalue weighted by atomic mass is 32.1. The zero-order valence-electron chi connectivity index (χ0n) is 17.3. The Hall–Kier alpha value is -2.77. The van der Waals surface area contributed by atoms with Crippen LogP contribution in [0, 0.1) is 6.92 Å². The Kier molecular flexibility index (Phi) is 6.07. The fraction of sp³-hybridized carbons (Fsp3) is 0.240. The molecule has 3 aromatic carbocycles. The SMILES string of the molecule is Cc1cccc(Oc2ccc3sc4cc(CCC(N)(CO)CO)ccc4c(=O)c3c2)c1. The van der Waals surface area contributed by atoms with Crippen LogP contribution in [-0.4, -0.2) is 29.0 Å². The molecule has 0 aliphatic carbocycles. The molecule has 4 aromatic rings. The Morgan fingerprint density at radius 1 is 0.935 bits per heavy atom. The Balaban J connectivity index is 1.66. The molecule has 160 valence electrons. The van der Waals surface area contributed by atoms with Crippen LogP contribution in [0.5, 0.6) is 11.5 Å². The van der Waals surface area contributed by atoms with Crippen LogP contribution < -0.4 is 15.9 Å². The van der Waals surface area contributed by atoms with E-state index in [0.29, 0.717) is 29.4 Å². The fourth-order valence-electron chi connectivity index (χ4n) is 3.51. The normalized spacial score (nSPS) is 11.9. The number of rotatable bonds is 7. The number of nitrogens with two attached hydrogens (primary N) is 1. The molecule has 0 unspecified atom stereocenters. The van der Waals surface area contributed by atoms with E-state index in [4.69, 9.17) is 10.5 Å². The van der Waals surface area contributed by atoms with Gasteiger partial charge in [-0.3, -0.25) is 4.79 Å². The molecule has 0 bridgehead atoms. The molecule has 4 rings (SSSR count). The maximum Gasteiger partial charge on any atom is 0.196 e. The minimum Gasteiger partial charge on any atom is -0.457 e. The van der Waals surface area contributed by atoms with Gasteiger partial charge in [0.1, 0.15) is 11.5 Å². The topological polar surface area (TPSA) is 92.8 Å². The van der Waals surface area contributed by atoms with E-state index >= 15 is 0 Å². The number of fused-ring (bicyclic) bond motifs is 2. The van der Waals surface area contributed by atoms with E-state index < -0.39 is 5.54 Å². The smallest absolute Gasteiger partial charge is 0.196 e. The summed E-state index contributed by atoms with van der Waals surface area (Å²) in [5.74, 6) is 1.37. The lowest BCUT2D eigenvalue weighted by atomic mass is 9.94. The van der Waals surface area contributed by atoms with Crippen molar-refractivity contribution >= 4 is 31.5 Å². The maximum atomic E-state index is 13.1. The highest BCUT2D eigenvalue weighted by Gasteiger charge is 2.22. The first-order chi connectivity index (χ1) is 14.9. The zero-order valence-corrected chi connectivity index (χ0v) is 18.1. The third kappa shape index (κ3) is 4.62. The molecular weight excluding hydrogens is 410 g/mol. The van der Waals surface area contributed by atoms with Gasteiger partial charge in [0.15, 0.2) is 5.43 Å². The Labute approximate surface area is 184 Å². The monoisotopic (exact) mass is 435 g/mol. The molecule has 1 aromatic heterocycles. The molecule has 0 amide bonds. The Morgan fingerprint density at radius 3 is 2.45 bits per heavy atom. The number of hydrogen-bond donors (Lipinski definition) is 3. The van der Waals surface area contributed by atoms with E-state index in [9.17, 15) is 15.0 Å². The number of hydrogen-bond acceptors (Lipinski definition) is 6. The second-order valence-corrected chi connectivity index (χ2v) is 9.10. The van der Waals surface area contributed by atoms with Crippen LogP contribution in [0.2, 0.25) is 0 Å². The second kappa shape index (κ2) is 8.77. The molecule has 0 radical (unpaired) electrons. The van der Waals surface area contributed by atoms with Crippen LogP contribution in [0.1, 0.15) is 17.5 Å². The van der Waals surface area contributed by atoms with Crippen molar-refractivity contribution < 1.29 is 14.9 Å². The van der Waals surface area contributed by atoms with Crippen LogP contribution in [0.15, 0.2) is 65.5 Å². The number of ether oxygens (including phenoxy) is 1. The summed E-state index contributed by atoms with van der Waals surface area (Å²) in [6.45, 7) is 1.45. The minimum absolute atomic E-state index is 0.0242. The van der Waals surface area contributed by atoms with Gasteiger partial charge in [-0.25, -0.2) is 0 Å². The molecule has 0 atom stereocenters. The van der Waals surface area contributed by atoms with Gasteiger partial charge in [0, 0.05) is 20.2 Å². The lowest BCUT2D eigenvalue weighted by Crippen LogP contribution is -2.47. The highest BCUT2D eigenvalue weighted by Crippen LogP contribution is 2.30. The summed E-state index contributed by atoms with van der Waals surface area (Å²) < 4.78 is 7.75. The molecule has 1 heterocycles. The van der Waals surface area contributed by atoms with E-state index in [0.717, 1.165) is 26.3 Å². The standard InChI is InChI=1S/C25H25NO4S/c1-16-3-2-4-18(11-16)30-19-6-8-22-21(13-19)24(29)20-7-5-17(12-23(20)31-22)9-10-25(26,14-27)15-28/h2-8,11-13,27-28H,9-10,14-15,26H2,1H3. The molecular formula is C25H25NO4S. The predicted octanol–water partition coefficient (Wildman–Crippen LogP) is 4.13. The first-order valence-corrected chi connectivity index (χ1v) is 11.0. The van der Waals surface area contributed by atoms with Crippen LogP contribution in [0.4, 0.5) is 0 Å². The quantitative estimate of drug-likeness (QED) is 0.380. The lowest BCUT2D eigenvalue weighted by molar-refractivity contribution is 0.115. The maximum absolute atomic E-state index is 13.1. The third-order valence-electron chi connectivity index (χ3n) is 5.47. The number of aliphatic hydroxyl groups is 2. The largest absolute Gasteiger partial charge is 0.457 e. The predicted molar refractivity (Wildman–Crippen MR) is 126 cm³/mol. The van der Waals surface area contributed by atoms with Crippen LogP contribution >= 0.6 is 11.3 Å². The number of aliphatic hydroxyl groups excluding tert-OH is 2. The second-order valence-electron chi connectivity index (χ2n) is 8.02.